The Kier molecular flexibility index (Phi) is 13.1. The summed E-state index contributed by atoms with van der Waals surface area (Å²) in [7, 11) is -4.73. The molecular formula is C27H39N3O9S. The van der Waals surface area contributed by atoms with Gasteiger partial charge in [0.05, 0.1) is 16.8 Å². The highest BCUT2D eigenvalue weighted by molar-refractivity contribution is 7.87. The van der Waals surface area contributed by atoms with Crippen LogP contribution < -0.4 is 10.9 Å². The standard InChI is InChI=1S/C27H39N3O9S/c1-2-3-4-5-6-7-8-9-10-11-12-13-14-22(40(37,38)39)25(32)28-23-18-24(31)30(29-23)21-16-19(26(33)34)15-20(17-21)27(35)36/h15-18,22,29H,2-14H2,1H3,(H,28,32)(H,33,34)(H,35,36)(H,37,38,39). The summed E-state index contributed by atoms with van der Waals surface area (Å²) >= 11 is 0. The highest BCUT2D eigenvalue weighted by Gasteiger charge is 2.31. The van der Waals surface area contributed by atoms with E-state index in [1.165, 1.54) is 38.5 Å². The maximum Gasteiger partial charge on any atom is 0.335 e. The highest BCUT2D eigenvalue weighted by atomic mass is 32.2. The number of carboxylic acids is 2. The van der Waals surface area contributed by atoms with Gasteiger partial charge in [0.1, 0.15) is 5.82 Å². The van der Waals surface area contributed by atoms with Crippen LogP contribution in [0.5, 0.6) is 0 Å². The lowest BCUT2D eigenvalue weighted by molar-refractivity contribution is -0.116. The number of carboxylic acid groups (broad SMARTS) is 2. The van der Waals surface area contributed by atoms with E-state index in [0.29, 0.717) is 12.8 Å². The van der Waals surface area contributed by atoms with Gasteiger partial charge in [0, 0.05) is 6.07 Å². The topological polar surface area (TPSA) is 196 Å². The number of hydrogen-bond acceptors (Lipinski definition) is 6. The molecule has 13 heteroatoms. The SMILES string of the molecule is CCCCCCCCCCCCCCC(C(=O)Nc1cc(=O)n(-c2cc(C(=O)O)cc(C(=O)O)c2)[nH]1)S(=O)(=O)O. The number of amides is 1. The van der Waals surface area contributed by atoms with Crippen LogP contribution >= 0.6 is 0 Å². The first kappa shape index (κ1) is 32.8. The predicted octanol–water partition coefficient (Wildman–Crippen LogP) is 4.85. The van der Waals surface area contributed by atoms with Crippen LogP contribution in [0.1, 0.15) is 111 Å². The van der Waals surface area contributed by atoms with Crippen LogP contribution in [0.2, 0.25) is 0 Å². The van der Waals surface area contributed by atoms with Crippen LogP contribution in [0, 0.1) is 0 Å². The maximum atomic E-state index is 12.7. The molecule has 0 fully saturated rings. The molecule has 40 heavy (non-hydrogen) atoms. The lowest BCUT2D eigenvalue weighted by atomic mass is 10.0. The van der Waals surface area contributed by atoms with Crippen molar-refractivity contribution in [2.75, 3.05) is 5.32 Å². The summed E-state index contributed by atoms with van der Waals surface area (Å²) in [6.45, 7) is 2.19. The van der Waals surface area contributed by atoms with E-state index in [1.807, 2.05) is 0 Å². The summed E-state index contributed by atoms with van der Waals surface area (Å²) in [4.78, 5) is 47.9. The van der Waals surface area contributed by atoms with Gasteiger partial charge < -0.3 is 15.5 Å². The average molecular weight is 582 g/mol. The van der Waals surface area contributed by atoms with E-state index in [1.54, 1.807) is 0 Å². The van der Waals surface area contributed by atoms with Gasteiger partial charge in [-0.2, -0.15) is 8.42 Å². The van der Waals surface area contributed by atoms with Crippen LogP contribution in [-0.4, -0.2) is 56.1 Å². The molecule has 5 N–H and O–H groups in total. The molecule has 1 aromatic carbocycles. The minimum Gasteiger partial charge on any atom is -0.478 e. The number of rotatable bonds is 19. The van der Waals surface area contributed by atoms with Gasteiger partial charge in [-0.05, 0) is 24.6 Å². The van der Waals surface area contributed by atoms with Gasteiger partial charge in [-0.3, -0.25) is 19.2 Å². The second-order valence-corrected chi connectivity index (χ2v) is 11.5. The van der Waals surface area contributed by atoms with Crippen LogP contribution in [0.15, 0.2) is 29.1 Å². The number of carbonyl (C=O) groups excluding carboxylic acids is 1. The number of anilines is 1. The number of aromatic amines is 1. The fourth-order valence-corrected chi connectivity index (χ4v) is 5.23. The Labute approximate surface area is 233 Å². The Hall–Kier alpha value is -3.45. The quantitative estimate of drug-likeness (QED) is 0.114. The van der Waals surface area contributed by atoms with E-state index in [-0.39, 0.29) is 29.1 Å². The molecule has 1 aromatic heterocycles. The van der Waals surface area contributed by atoms with Crippen LogP contribution in [0.25, 0.3) is 5.69 Å². The molecule has 0 aliphatic heterocycles. The number of aromatic carboxylic acids is 2. The summed E-state index contributed by atoms with van der Waals surface area (Å²) in [6.07, 6.45) is 12.7. The number of hydrogen-bond donors (Lipinski definition) is 5. The Morgan fingerprint density at radius 3 is 1.75 bits per heavy atom. The molecule has 0 aliphatic carbocycles. The number of aromatic nitrogens is 2. The third kappa shape index (κ3) is 10.6. The zero-order valence-electron chi connectivity index (χ0n) is 22.7. The van der Waals surface area contributed by atoms with Gasteiger partial charge in [0.2, 0.25) is 5.91 Å². The fraction of sp³-hybridized carbons (Fsp3) is 0.556. The molecule has 1 unspecified atom stereocenters. The van der Waals surface area contributed by atoms with Gasteiger partial charge in [0.25, 0.3) is 15.7 Å². The van der Waals surface area contributed by atoms with Crippen molar-refractivity contribution in [3.63, 3.8) is 0 Å². The van der Waals surface area contributed by atoms with Crippen molar-refractivity contribution in [1.29, 1.82) is 0 Å². The van der Waals surface area contributed by atoms with Crippen molar-refractivity contribution in [3.05, 3.63) is 45.7 Å². The maximum absolute atomic E-state index is 12.7. The number of unbranched alkanes of at least 4 members (excludes halogenated alkanes) is 11. The molecule has 0 spiro atoms. The summed E-state index contributed by atoms with van der Waals surface area (Å²) in [5, 5.41) is 21.5. The predicted molar refractivity (Wildman–Crippen MR) is 150 cm³/mol. The number of nitrogens with zero attached hydrogens (tertiary/aromatic N) is 1. The van der Waals surface area contributed by atoms with Crippen molar-refractivity contribution in [2.45, 2.75) is 95.6 Å². The van der Waals surface area contributed by atoms with Crippen LogP contribution in [0.3, 0.4) is 0 Å². The molecule has 222 valence electrons. The summed E-state index contributed by atoms with van der Waals surface area (Å²) in [6, 6.07) is 3.98. The average Bonchev–Trinajstić information content (AvgIpc) is 3.25. The zero-order valence-corrected chi connectivity index (χ0v) is 23.5. The molecule has 0 aliphatic rings. The van der Waals surface area contributed by atoms with E-state index in [0.717, 1.165) is 54.6 Å². The van der Waals surface area contributed by atoms with Crippen molar-refractivity contribution in [1.82, 2.24) is 9.78 Å². The highest BCUT2D eigenvalue weighted by Crippen LogP contribution is 2.18. The first-order chi connectivity index (χ1) is 18.9. The zero-order chi connectivity index (χ0) is 29.7. The van der Waals surface area contributed by atoms with Crippen LogP contribution in [0.4, 0.5) is 5.82 Å². The Bertz CT molecular complexity index is 1280. The Morgan fingerprint density at radius 2 is 1.30 bits per heavy atom. The molecule has 12 nitrogen and oxygen atoms in total. The molecule has 1 atom stereocenters. The number of H-pyrrole nitrogens is 1. The Balaban J connectivity index is 1.94. The van der Waals surface area contributed by atoms with Crippen molar-refractivity contribution in [2.24, 2.45) is 0 Å². The fourth-order valence-electron chi connectivity index (χ4n) is 4.44. The first-order valence-corrected chi connectivity index (χ1v) is 15.2. The molecule has 2 aromatic rings. The van der Waals surface area contributed by atoms with E-state index in [4.69, 9.17) is 0 Å². The van der Waals surface area contributed by atoms with Gasteiger partial charge in [0.15, 0.2) is 5.25 Å². The third-order valence-electron chi connectivity index (χ3n) is 6.62. The first-order valence-electron chi connectivity index (χ1n) is 13.6. The lowest BCUT2D eigenvalue weighted by Gasteiger charge is -2.13. The molecule has 0 radical (unpaired) electrons. The number of nitrogens with one attached hydrogen (secondary N) is 2. The monoisotopic (exact) mass is 581 g/mol. The molecule has 0 saturated heterocycles. The summed E-state index contributed by atoms with van der Waals surface area (Å²) in [5.74, 6) is -4.07. The minimum atomic E-state index is -4.73. The van der Waals surface area contributed by atoms with Crippen molar-refractivity contribution in [3.8, 4) is 5.69 Å². The minimum absolute atomic E-state index is 0.102. The van der Waals surface area contributed by atoms with E-state index in [9.17, 15) is 42.4 Å². The molecule has 1 heterocycles. The second-order valence-electron chi connectivity index (χ2n) is 9.89. The molecule has 2 rings (SSSR count). The number of benzene rings is 1. The van der Waals surface area contributed by atoms with E-state index in [2.05, 4.69) is 17.3 Å². The van der Waals surface area contributed by atoms with Gasteiger partial charge in [-0.15, -0.1) is 0 Å². The van der Waals surface area contributed by atoms with Gasteiger partial charge in [-0.1, -0.05) is 84.0 Å². The third-order valence-corrected chi connectivity index (χ3v) is 7.79. The van der Waals surface area contributed by atoms with Crippen LogP contribution in [-0.2, 0) is 14.9 Å². The van der Waals surface area contributed by atoms with Crippen molar-refractivity contribution >= 4 is 33.8 Å². The molecule has 1 amide bonds. The molecular weight excluding hydrogens is 542 g/mol. The smallest absolute Gasteiger partial charge is 0.335 e. The van der Waals surface area contributed by atoms with E-state index >= 15 is 0 Å². The Morgan fingerprint density at radius 1 is 0.825 bits per heavy atom. The normalized spacial score (nSPS) is 12.2. The van der Waals surface area contributed by atoms with Crippen molar-refractivity contribution < 1.29 is 37.6 Å². The second kappa shape index (κ2) is 16.0. The largest absolute Gasteiger partial charge is 0.478 e. The summed E-state index contributed by atoms with van der Waals surface area (Å²) < 4.78 is 34.2. The lowest BCUT2D eigenvalue weighted by Crippen LogP contribution is -2.35. The summed E-state index contributed by atoms with van der Waals surface area (Å²) in [5.41, 5.74) is -1.64. The molecule has 0 bridgehead atoms. The number of carbonyl (C=O) groups is 3. The molecule has 0 saturated carbocycles. The van der Waals surface area contributed by atoms with Gasteiger partial charge >= 0.3 is 11.9 Å². The van der Waals surface area contributed by atoms with E-state index < -0.39 is 38.8 Å². The van der Waals surface area contributed by atoms with Gasteiger partial charge in [-0.25, -0.2) is 14.3 Å².